The molecule has 0 spiro atoms. The summed E-state index contributed by atoms with van der Waals surface area (Å²) >= 11 is 0. The maximum absolute atomic E-state index is 11.9. The lowest BCUT2D eigenvalue weighted by Crippen LogP contribution is -2.43. The van der Waals surface area contributed by atoms with Crippen molar-refractivity contribution in [1.29, 1.82) is 0 Å². The summed E-state index contributed by atoms with van der Waals surface area (Å²) in [6.07, 6.45) is 0.906. The summed E-state index contributed by atoms with van der Waals surface area (Å²) in [5.41, 5.74) is 5.08. The van der Waals surface area contributed by atoms with Crippen LogP contribution in [0.3, 0.4) is 0 Å². The number of rotatable bonds is 3. The molecule has 4 heteroatoms. The first-order valence-corrected chi connectivity index (χ1v) is 5.11. The molecule has 1 heterocycles. The maximum atomic E-state index is 11.9. The molecule has 1 saturated heterocycles. The zero-order chi connectivity index (χ0) is 10.8. The SMILES string of the molecule is CC(C)(CN)C(=O)N1CCC(CO)C1. The van der Waals surface area contributed by atoms with Gasteiger partial charge in [-0.1, -0.05) is 0 Å². The van der Waals surface area contributed by atoms with Crippen LogP contribution in [0.5, 0.6) is 0 Å². The molecule has 4 nitrogen and oxygen atoms in total. The molecule has 0 radical (unpaired) electrons. The summed E-state index contributed by atoms with van der Waals surface area (Å²) in [5.74, 6) is 0.364. The van der Waals surface area contributed by atoms with Crippen molar-refractivity contribution in [2.45, 2.75) is 20.3 Å². The molecule has 0 aromatic carbocycles. The molecule has 1 amide bonds. The second kappa shape index (κ2) is 4.28. The molecule has 14 heavy (non-hydrogen) atoms. The van der Waals surface area contributed by atoms with Gasteiger partial charge in [0.05, 0.1) is 5.41 Å². The first-order valence-electron chi connectivity index (χ1n) is 5.11. The predicted molar refractivity (Wildman–Crippen MR) is 54.6 cm³/mol. The molecule has 1 atom stereocenters. The van der Waals surface area contributed by atoms with Gasteiger partial charge >= 0.3 is 0 Å². The molecule has 1 rings (SSSR count). The zero-order valence-corrected chi connectivity index (χ0v) is 8.99. The molecule has 1 fully saturated rings. The Hall–Kier alpha value is -0.610. The maximum Gasteiger partial charge on any atom is 0.229 e. The number of aliphatic hydroxyl groups excluding tert-OH is 1. The van der Waals surface area contributed by atoms with Crippen LogP contribution in [0.4, 0.5) is 0 Å². The van der Waals surface area contributed by atoms with E-state index in [2.05, 4.69) is 0 Å². The van der Waals surface area contributed by atoms with Crippen LogP contribution in [0.1, 0.15) is 20.3 Å². The third-order valence-corrected chi connectivity index (χ3v) is 2.92. The third kappa shape index (κ3) is 2.25. The molecule has 1 unspecified atom stereocenters. The van der Waals surface area contributed by atoms with Crippen molar-refractivity contribution in [2.24, 2.45) is 17.1 Å². The standard InChI is InChI=1S/C10H20N2O2/c1-10(2,7-11)9(14)12-4-3-8(5-12)6-13/h8,13H,3-7,11H2,1-2H3. The Morgan fingerprint density at radius 3 is 2.71 bits per heavy atom. The van der Waals surface area contributed by atoms with Gasteiger partial charge < -0.3 is 15.7 Å². The van der Waals surface area contributed by atoms with E-state index in [1.54, 1.807) is 0 Å². The number of hydrogen-bond donors (Lipinski definition) is 2. The van der Waals surface area contributed by atoms with Crippen molar-refractivity contribution in [3.63, 3.8) is 0 Å². The van der Waals surface area contributed by atoms with E-state index in [0.717, 1.165) is 13.0 Å². The highest BCUT2D eigenvalue weighted by Gasteiger charge is 2.34. The van der Waals surface area contributed by atoms with Gasteiger partial charge in [-0.05, 0) is 20.3 Å². The number of carbonyl (C=O) groups excluding carboxylic acids is 1. The average Bonchev–Trinajstić information content (AvgIpc) is 2.64. The Balaban J connectivity index is 2.55. The van der Waals surface area contributed by atoms with Crippen molar-refractivity contribution in [1.82, 2.24) is 4.90 Å². The lowest BCUT2D eigenvalue weighted by Gasteiger charge is -2.27. The van der Waals surface area contributed by atoms with Crippen LogP contribution >= 0.6 is 0 Å². The van der Waals surface area contributed by atoms with Crippen molar-refractivity contribution in [3.8, 4) is 0 Å². The summed E-state index contributed by atoms with van der Waals surface area (Å²) < 4.78 is 0. The van der Waals surface area contributed by atoms with Gasteiger partial charge in [0.1, 0.15) is 0 Å². The highest BCUT2D eigenvalue weighted by Crippen LogP contribution is 2.23. The fraction of sp³-hybridized carbons (Fsp3) is 0.900. The van der Waals surface area contributed by atoms with E-state index in [0.29, 0.717) is 13.1 Å². The zero-order valence-electron chi connectivity index (χ0n) is 8.99. The summed E-state index contributed by atoms with van der Waals surface area (Å²) in [6.45, 7) is 5.70. The third-order valence-electron chi connectivity index (χ3n) is 2.92. The van der Waals surface area contributed by atoms with Gasteiger partial charge in [0.25, 0.3) is 0 Å². The van der Waals surface area contributed by atoms with E-state index < -0.39 is 5.41 Å². The number of aliphatic hydroxyl groups is 1. The van der Waals surface area contributed by atoms with Crippen LogP contribution in [-0.2, 0) is 4.79 Å². The van der Waals surface area contributed by atoms with Crippen molar-refractivity contribution in [3.05, 3.63) is 0 Å². The molecular formula is C10H20N2O2. The van der Waals surface area contributed by atoms with Gasteiger partial charge in [0.2, 0.25) is 5.91 Å². The van der Waals surface area contributed by atoms with Crippen LogP contribution in [0.15, 0.2) is 0 Å². The van der Waals surface area contributed by atoms with Crippen LogP contribution < -0.4 is 5.73 Å². The van der Waals surface area contributed by atoms with Gasteiger partial charge in [-0.25, -0.2) is 0 Å². The van der Waals surface area contributed by atoms with Gasteiger partial charge in [0, 0.05) is 32.2 Å². The number of nitrogens with two attached hydrogens (primary N) is 1. The molecule has 0 aliphatic carbocycles. The van der Waals surface area contributed by atoms with Gasteiger partial charge in [0.15, 0.2) is 0 Å². The monoisotopic (exact) mass is 200 g/mol. The minimum atomic E-state index is -0.468. The number of nitrogens with zero attached hydrogens (tertiary/aromatic N) is 1. The second-order valence-electron chi connectivity index (χ2n) is 4.68. The normalized spacial score (nSPS) is 22.9. The lowest BCUT2D eigenvalue weighted by atomic mass is 9.92. The summed E-state index contributed by atoms with van der Waals surface area (Å²) in [4.78, 5) is 13.7. The van der Waals surface area contributed by atoms with Crippen LogP contribution in [0, 0.1) is 11.3 Å². The van der Waals surface area contributed by atoms with Gasteiger partial charge in [-0.15, -0.1) is 0 Å². The van der Waals surface area contributed by atoms with E-state index in [4.69, 9.17) is 10.8 Å². The number of amides is 1. The molecule has 0 aromatic rings. The summed E-state index contributed by atoms with van der Waals surface area (Å²) in [7, 11) is 0. The summed E-state index contributed by atoms with van der Waals surface area (Å²) in [6, 6.07) is 0. The van der Waals surface area contributed by atoms with E-state index >= 15 is 0 Å². The quantitative estimate of drug-likeness (QED) is 0.663. The molecular weight excluding hydrogens is 180 g/mol. The molecule has 0 aromatic heterocycles. The van der Waals surface area contributed by atoms with Gasteiger partial charge in [-0.2, -0.15) is 0 Å². The topological polar surface area (TPSA) is 66.6 Å². The molecule has 1 aliphatic rings. The Labute approximate surface area is 85.1 Å². The van der Waals surface area contributed by atoms with Crippen LogP contribution in [-0.4, -0.2) is 42.2 Å². The van der Waals surface area contributed by atoms with Crippen molar-refractivity contribution >= 4 is 5.91 Å². The van der Waals surface area contributed by atoms with E-state index in [9.17, 15) is 4.79 Å². The minimum Gasteiger partial charge on any atom is -0.396 e. The Morgan fingerprint density at radius 1 is 1.64 bits per heavy atom. The Kier molecular flexibility index (Phi) is 3.50. The highest BCUT2D eigenvalue weighted by molar-refractivity contribution is 5.82. The van der Waals surface area contributed by atoms with Crippen molar-refractivity contribution < 1.29 is 9.90 Å². The fourth-order valence-electron chi connectivity index (χ4n) is 1.68. The second-order valence-corrected chi connectivity index (χ2v) is 4.68. The van der Waals surface area contributed by atoms with E-state index in [-0.39, 0.29) is 18.4 Å². The smallest absolute Gasteiger partial charge is 0.229 e. The van der Waals surface area contributed by atoms with Crippen molar-refractivity contribution in [2.75, 3.05) is 26.2 Å². The first-order chi connectivity index (χ1) is 6.51. The Bertz CT molecular complexity index is 216. The number of hydrogen-bond acceptors (Lipinski definition) is 3. The van der Waals surface area contributed by atoms with Crippen LogP contribution in [0.25, 0.3) is 0 Å². The average molecular weight is 200 g/mol. The molecule has 0 bridgehead atoms. The summed E-state index contributed by atoms with van der Waals surface area (Å²) in [5, 5.41) is 8.96. The molecule has 0 saturated carbocycles. The fourth-order valence-corrected chi connectivity index (χ4v) is 1.68. The largest absolute Gasteiger partial charge is 0.396 e. The molecule has 1 aliphatic heterocycles. The van der Waals surface area contributed by atoms with Crippen LogP contribution in [0.2, 0.25) is 0 Å². The first kappa shape index (κ1) is 11.5. The highest BCUT2D eigenvalue weighted by atomic mass is 16.3. The number of carbonyl (C=O) groups is 1. The Morgan fingerprint density at radius 2 is 2.29 bits per heavy atom. The predicted octanol–water partition coefficient (Wildman–Crippen LogP) is -0.188. The minimum absolute atomic E-state index is 0.107. The number of likely N-dealkylation sites (tertiary alicyclic amines) is 1. The molecule has 3 N–H and O–H groups in total. The molecule has 82 valence electrons. The van der Waals surface area contributed by atoms with E-state index in [1.807, 2.05) is 18.7 Å². The lowest BCUT2D eigenvalue weighted by molar-refractivity contribution is -0.138. The van der Waals surface area contributed by atoms with Gasteiger partial charge in [-0.3, -0.25) is 4.79 Å². The van der Waals surface area contributed by atoms with E-state index in [1.165, 1.54) is 0 Å².